The molecule has 1 nitrogen and oxygen atoms in total. The Hall–Kier alpha value is -0.0400. The lowest BCUT2D eigenvalue weighted by molar-refractivity contribution is 0.0524. The van der Waals surface area contributed by atoms with Gasteiger partial charge < -0.3 is 0 Å². The van der Waals surface area contributed by atoms with Crippen molar-refractivity contribution in [2.45, 2.75) is 60.0 Å². The Balaban J connectivity index is 4.47. The molecule has 0 aromatic rings. The third-order valence-corrected chi connectivity index (χ3v) is 3.12. The Kier molecular flexibility index (Phi) is 4.25. The van der Waals surface area contributed by atoms with Crippen molar-refractivity contribution in [1.29, 1.82) is 0 Å². The summed E-state index contributed by atoms with van der Waals surface area (Å²) in [6.45, 7) is 17.2. The fourth-order valence-electron chi connectivity index (χ4n) is 1.77. The van der Waals surface area contributed by atoms with Gasteiger partial charge in [-0.15, -0.1) is 0 Å². The van der Waals surface area contributed by atoms with Gasteiger partial charge >= 0.3 is 0 Å². The summed E-state index contributed by atoms with van der Waals surface area (Å²) >= 11 is 0. The molecule has 0 atom stereocenters. The van der Waals surface area contributed by atoms with Gasteiger partial charge in [-0.25, -0.2) is 0 Å². The van der Waals surface area contributed by atoms with Crippen molar-refractivity contribution in [3.63, 3.8) is 0 Å². The summed E-state index contributed by atoms with van der Waals surface area (Å²) in [5, 5.41) is 0. The van der Waals surface area contributed by atoms with Gasteiger partial charge in [-0.05, 0) is 40.2 Å². The van der Waals surface area contributed by atoms with E-state index < -0.39 is 0 Å². The number of hydrogen-bond acceptors (Lipinski definition) is 1. The van der Waals surface area contributed by atoms with Crippen LogP contribution in [0.3, 0.4) is 0 Å². The van der Waals surface area contributed by atoms with Crippen LogP contribution >= 0.6 is 0 Å². The molecule has 0 rings (SSSR count). The molecule has 0 bridgehead atoms. The van der Waals surface area contributed by atoms with Crippen LogP contribution in [-0.4, -0.2) is 23.0 Å². The molecule has 1 heteroatoms. The van der Waals surface area contributed by atoms with Crippen LogP contribution in [0.15, 0.2) is 0 Å². The molecule has 0 radical (unpaired) electrons. The summed E-state index contributed by atoms with van der Waals surface area (Å²) in [6, 6.07) is 0.646. The van der Waals surface area contributed by atoms with Gasteiger partial charge in [0.05, 0.1) is 0 Å². The quantitative estimate of drug-likeness (QED) is 0.628. The van der Waals surface area contributed by atoms with Crippen LogP contribution in [0.5, 0.6) is 0 Å². The molecule has 0 aromatic heterocycles. The number of nitrogens with zero attached hydrogens (tertiary/aromatic N) is 1. The molecule has 0 spiro atoms. The Labute approximate surface area is 78.1 Å². The molecular weight excluding hydrogens is 146 g/mol. The smallest absolute Gasteiger partial charge is 0.0178 e. The van der Waals surface area contributed by atoms with E-state index in [1.807, 2.05) is 0 Å². The summed E-state index contributed by atoms with van der Waals surface area (Å²) in [4.78, 5) is 2.55. The highest BCUT2D eigenvalue weighted by Gasteiger charge is 2.30. The largest absolute Gasteiger partial charge is 0.296 e. The zero-order valence-corrected chi connectivity index (χ0v) is 9.81. The summed E-state index contributed by atoms with van der Waals surface area (Å²) in [6.07, 6.45) is 0. The standard InChI is InChI=1S/C11H25N/c1-8-12(10(4)5)11(6,7)9(2)3/h9-10H,8H2,1-7H3. The predicted molar refractivity (Wildman–Crippen MR) is 56.4 cm³/mol. The highest BCUT2D eigenvalue weighted by molar-refractivity contribution is 4.85. The van der Waals surface area contributed by atoms with Crippen LogP contribution in [0.4, 0.5) is 0 Å². The highest BCUT2D eigenvalue weighted by Crippen LogP contribution is 2.25. The first kappa shape index (κ1) is 12.0. The minimum Gasteiger partial charge on any atom is -0.296 e. The minimum atomic E-state index is 0.322. The van der Waals surface area contributed by atoms with Gasteiger partial charge in [-0.3, -0.25) is 4.90 Å². The van der Waals surface area contributed by atoms with Crippen molar-refractivity contribution in [2.24, 2.45) is 5.92 Å². The summed E-state index contributed by atoms with van der Waals surface area (Å²) in [7, 11) is 0. The van der Waals surface area contributed by atoms with Crippen molar-refractivity contribution < 1.29 is 0 Å². The lowest BCUT2D eigenvalue weighted by Gasteiger charge is -2.44. The van der Waals surface area contributed by atoms with Gasteiger partial charge in [0.15, 0.2) is 0 Å². The molecule has 0 fully saturated rings. The molecule has 12 heavy (non-hydrogen) atoms. The molecule has 0 aromatic carbocycles. The van der Waals surface area contributed by atoms with E-state index in [1.54, 1.807) is 0 Å². The van der Waals surface area contributed by atoms with Gasteiger partial charge in [-0.1, -0.05) is 20.8 Å². The lowest BCUT2D eigenvalue weighted by Crippen LogP contribution is -2.51. The normalized spacial score (nSPS) is 13.5. The second kappa shape index (κ2) is 4.27. The van der Waals surface area contributed by atoms with Gasteiger partial charge in [0, 0.05) is 11.6 Å². The maximum Gasteiger partial charge on any atom is 0.0178 e. The molecule has 0 aliphatic heterocycles. The highest BCUT2D eigenvalue weighted by atomic mass is 15.2. The van der Waals surface area contributed by atoms with Gasteiger partial charge in [0.1, 0.15) is 0 Å². The van der Waals surface area contributed by atoms with Gasteiger partial charge in [0.25, 0.3) is 0 Å². The minimum absolute atomic E-state index is 0.322. The SMILES string of the molecule is CCN(C(C)C)C(C)(C)C(C)C. The maximum atomic E-state index is 2.55. The Morgan fingerprint density at radius 2 is 1.50 bits per heavy atom. The van der Waals surface area contributed by atoms with E-state index >= 15 is 0 Å². The average Bonchev–Trinajstić information content (AvgIpc) is 1.86. The first-order valence-corrected chi connectivity index (χ1v) is 5.10. The monoisotopic (exact) mass is 171 g/mol. The molecule has 74 valence electrons. The van der Waals surface area contributed by atoms with Crippen LogP contribution in [0, 0.1) is 5.92 Å². The van der Waals surface area contributed by atoms with E-state index in [0.717, 1.165) is 6.54 Å². The van der Waals surface area contributed by atoms with Crippen molar-refractivity contribution >= 4 is 0 Å². The lowest BCUT2D eigenvalue weighted by atomic mass is 9.87. The third-order valence-electron chi connectivity index (χ3n) is 3.12. The summed E-state index contributed by atoms with van der Waals surface area (Å²) in [5.74, 6) is 0.708. The molecule has 0 aliphatic carbocycles. The second-order valence-corrected chi connectivity index (χ2v) is 4.69. The first-order valence-electron chi connectivity index (χ1n) is 5.10. The van der Waals surface area contributed by atoms with Crippen LogP contribution in [-0.2, 0) is 0 Å². The van der Waals surface area contributed by atoms with Crippen molar-refractivity contribution in [1.82, 2.24) is 4.90 Å². The predicted octanol–water partition coefficient (Wildman–Crippen LogP) is 3.15. The zero-order chi connectivity index (χ0) is 9.94. The Bertz CT molecular complexity index is 125. The van der Waals surface area contributed by atoms with Crippen LogP contribution in [0.1, 0.15) is 48.5 Å². The fourth-order valence-corrected chi connectivity index (χ4v) is 1.77. The fraction of sp³-hybridized carbons (Fsp3) is 1.00. The van der Waals surface area contributed by atoms with Crippen molar-refractivity contribution in [3.8, 4) is 0 Å². The molecular formula is C11H25N. The van der Waals surface area contributed by atoms with E-state index in [2.05, 4.69) is 53.4 Å². The molecule has 0 N–H and O–H groups in total. The topological polar surface area (TPSA) is 3.24 Å². The van der Waals surface area contributed by atoms with E-state index in [1.165, 1.54) is 0 Å². The van der Waals surface area contributed by atoms with Crippen molar-refractivity contribution in [2.75, 3.05) is 6.54 Å². The van der Waals surface area contributed by atoms with E-state index in [-0.39, 0.29) is 0 Å². The molecule has 0 saturated carbocycles. The summed E-state index contributed by atoms with van der Waals surface area (Å²) in [5.41, 5.74) is 0.322. The summed E-state index contributed by atoms with van der Waals surface area (Å²) < 4.78 is 0. The first-order chi connectivity index (χ1) is 5.34. The number of hydrogen-bond donors (Lipinski definition) is 0. The molecule has 0 unspecified atom stereocenters. The van der Waals surface area contributed by atoms with Gasteiger partial charge in [0.2, 0.25) is 0 Å². The second-order valence-electron chi connectivity index (χ2n) is 4.69. The maximum absolute atomic E-state index is 2.55. The number of rotatable bonds is 4. The van der Waals surface area contributed by atoms with Gasteiger partial charge in [-0.2, -0.15) is 0 Å². The van der Waals surface area contributed by atoms with E-state index in [4.69, 9.17) is 0 Å². The van der Waals surface area contributed by atoms with Crippen LogP contribution in [0.2, 0.25) is 0 Å². The van der Waals surface area contributed by atoms with Crippen molar-refractivity contribution in [3.05, 3.63) is 0 Å². The average molecular weight is 171 g/mol. The van der Waals surface area contributed by atoms with Crippen LogP contribution in [0.25, 0.3) is 0 Å². The molecule has 0 saturated heterocycles. The Morgan fingerprint density at radius 3 is 1.58 bits per heavy atom. The third kappa shape index (κ3) is 2.48. The zero-order valence-electron chi connectivity index (χ0n) is 9.81. The molecule has 0 aliphatic rings. The van der Waals surface area contributed by atoms with E-state index in [9.17, 15) is 0 Å². The van der Waals surface area contributed by atoms with E-state index in [0.29, 0.717) is 17.5 Å². The molecule has 0 heterocycles. The Morgan fingerprint density at radius 1 is 1.08 bits per heavy atom. The molecule has 0 amide bonds. The van der Waals surface area contributed by atoms with Crippen LogP contribution < -0.4 is 0 Å².